The van der Waals surface area contributed by atoms with Crippen molar-refractivity contribution >= 4 is 39.2 Å². The Morgan fingerprint density at radius 2 is 1.14 bits per heavy atom. The van der Waals surface area contributed by atoms with Crippen molar-refractivity contribution in [1.29, 1.82) is 0 Å². The second-order valence-corrected chi connectivity index (χ2v) is 17.2. The molecule has 0 spiro atoms. The Morgan fingerprint density at radius 1 is 0.518 bits per heavy atom. The average Bonchev–Trinajstić information content (AvgIpc) is 3.57. The van der Waals surface area contributed by atoms with Gasteiger partial charge in [0, 0.05) is 34.4 Å². The van der Waals surface area contributed by atoms with E-state index >= 15 is 0 Å². The summed E-state index contributed by atoms with van der Waals surface area (Å²) in [5.74, 6) is 0.290. The fourth-order valence-electron chi connectivity index (χ4n) is 9.79. The molecule has 1 heterocycles. The first-order valence-corrected chi connectivity index (χ1v) is 20.2. The summed E-state index contributed by atoms with van der Waals surface area (Å²) in [5, 5.41) is 2.53. The van der Waals surface area contributed by atoms with Crippen molar-refractivity contribution < 1.29 is 0 Å². The number of fused-ring (bicyclic) bond motifs is 5. The van der Waals surface area contributed by atoms with Crippen molar-refractivity contribution in [2.45, 2.75) is 63.3 Å². The van der Waals surface area contributed by atoms with Crippen LogP contribution in [0.5, 0.6) is 0 Å². The van der Waals surface area contributed by atoms with Crippen molar-refractivity contribution in [1.82, 2.24) is 0 Å². The number of anilines is 5. The van der Waals surface area contributed by atoms with E-state index in [0.717, 1.165) is 17.1 Å². The summed E-state index contributed by atoms with van der Waals surface area (Å²) in [5.41, 5.74) is 15.5. The number of rotatable bonds is 6. The zero-order valence-corrected chi connectivity index (χ0v) is 32.8. The van der Waals surface area contributed by atoms with Gasteiger partial charge >= 0.3 is 0 Å². The zero-order chi connectivity index (χ0) is 38.0. The number of nitrogens with zero attached hydrogens (tertiary/aromatic N) is 2. The van der Waals surface area contributed by atoms with Gasteiger partial charge in [-0.25, -0.2) is 0 Å². The highest BCUT2D eigenvalue weighted by Crippen LogP contribution is 2.55. The second kappa shape index (κ2) is 13.3. The van der Waals surface area contributed by atoms with E-state index in [9.17, 15) is 0 Å². The number of allylic oxidation sites excluding steroid dienone is 2. The Hall–Kier alpha value is -6.12. The van der Waals surface area contributed by atoms with Gasteiger partial charge in [0.05, 0.1) is 6.04 Å². The van der Waals surface area contributed by atoms with Crippen LogP contribution < -0.4 is 9.80 Å². The molecule has 1 aliphatic heterocycles. The van der Waals surface area contributed by atoms with E-state index in [0.29, 0.717) is 5.92 Å². The minimum absolute atomic E-state index is 0.0733. The monoisotopic (exact) mass is 724 g/mol. The summed E-state index contributed by atoms with van der Waals surface area (Å²) in [4.78, 5) is 5.10. The van der Waals surface area contributed by atoms with E-state index in [1.807, 2.05) is 0 Å². The van der Waals surface area contributed by atoms with Gasteiger partial charge in [-0.1, -0.05) is 167 Å². The Labute approximate surface area is 332 Å². The SMILES string of the molecule is CC1(C)CCC(C)(C)c2c(N3c4cc(N(c5ccc(-c6ccccc6)cc5)c5ccc(-c6cccc7ccccc67)cc5)ccc4C4C=CC=CC43)cccc21. The van der Waals surface area contributed by atoms with Crippen molar-refractivity contribution in [3.63, 3.8) is 0 Å². The van der Waals surface area contributed by atoms with Crippen LogP contribution in [0.25, 0.3) is 33.0 Å². The molecule has 2 aliphatic carbocycles. The molecule has 7 aromatic rings. The molecule has 2 heteroatoms. The van der Waals surface area contributed by atoms with Crippen LogP contribution in [0.2, 0.25) is 0 Å². The van der Waals surface area contributed by atoms with E-state index in [4.69, 9.17) is 0 Å². The molecule has 2 atom stereocenters. The van der Waals surface area contributed by atoms with Crippen LogP contribution in [-0.4, -0.2) is 6.04 Å². The molecule has 0 radical (unpaired) electrons. The maximum absolute atomic E-state index is 2.67. The van der Waals surface area contributed by atoms with Gasteiger partial charge in [-0.2, -0.15) is 0 Å². The third-order valence-corrected chi connectivity index (χ3v) is 12.8. The van der Waals surface area contributed by atoms with Crippen molar-refractivity contribution in [3.8, 4) is 22.3 Å². The van der Waals surface area contributed by atoms with Crippen LogP contribution in [0.4, 0.5) is 28.4 Å². The quantitative estimate of drug-likeness (QED) is 0.168. The molecular weight excluding hydrogens is 677 g/mol. The maximum Gasteiger partial charge on any atom is 0.0629 e. The Kier molecular flexibility index (Phi) is 8.15. The molecular formula is C54H48N2. The molecule has 0 saturated carbocycles. The van der Waals surface area contributed by atoms with Crippen LogP contribution in [0.1, 0.15) is 63.1 Å². The first-order valence-electron chi connectivity index (χ1n) is 20.2. The molecule has 56 heavy (non-hydrogen) atoms. The van der Waals surface area contributed by atoms with Gasteiger partial charge in [0.2, 0.25) is 0 Å². The Balaban J connectivity index is 1.13. The fraction of sp³-hybridized carbons (Fsp3) is 0.185. The Morgan fingerprint density at radius 3 is 1.93 bits per heavy atom. The third kappa shape index (κ3) is 5.70. The number of hydrogen-bond acceptors (Lipinski definition) is 2. The fourth-order valence-corrected chi connectivity index (χ4v) is 9.79. The lowest BCUT2D eigenvalue weighted by Crippen LogP contribution is -2.37. The van der Waals surface area contributed by atoms with Crippen molar-refractivity contribution in [2.75, 3.05) is 9.80 Å². The van der Waals surface area contributed by atoms with Crippen molar-refractivity contribution in [2.24, 2.45) is 0 Å². The lowest BCUT2D eigenvalue weighted by atomic mass is 9.62. The van der Waals surface area contributed by atoms with E-state index in [1.54, 1.807) is 0 Å². The molecule has 0 saturated heterocycles. The van der Waals surface area contributed by atoms with Gasteiger partial charge in [0.15, 0.2) is 0 Å². The summed E-state index contributed by atoms with van der Waals surface area (Å²) in [6.45, 7) is 9.77. The topological polar surface area (TPSA) is 6.48 Å². The highest BCUT2D eigenvalue weighted by atomic mass is 15.2. The van der Waals surface area contributed by atoms with E-state index in [1.165, 1.54) is 73.9 Å². The van der Waals surface area contributed by atoms with Gasteiger partial charge in [-0.15, -0.1) is 0 Å². The first-order chi connectivity index (χ1) is 27.3. The predicted molar refractivity (Wildman–Crippen MR) is 238 cm³/mol. The molecule has 0 amide bonds. The normalized spacial score (nSPS) is 18.7. The minimum Gasteiger partial charge on any atom is -0.333 e. The van der Waals surface area contributed by atoms with Crippen LogP contribution in [0.15, 0.2) is 182 Å². The summed E-state index contributed by atoms with van der Waals surface area (Å²) < 4.78 is 0. The number of hydrogen-bond donors (Lipinski definition) is 0. The standard InChI is InChI=1S/C54H48N2/c1-53(2)34-35-54(3,4)52-48(53)21-13-23-50(52)56-49-22-11-10-19-46(49)47-33-32-43(36-51(47)56)55(41-28-24-38(25-29-41)37-14-6-5-7-15-37)42-30-26-40(27-31-42)45-20-12-17-39-16-8-9-18-44(39)45/h5-33,36,46,49H,34-35H2,1-4H3. The van der Waals surface area contributed by atoms with Gasteiger partial charge in [0.1, 0.15) is 0 Å². The van der Waals surface area contributed by atoms with Gasteiger partial charge < -0.3 is 9.80 Å². The molecule has 10 rings (SSSR count). The highest BCUT2D eigenvalue weighted by molar-refractivity contribution is 5.97. The van der Waals surface area contributed by atoms with E-state index in [2.05, 4.69) is 220 Å². The minimum atomic E-state index is 0.0733. The molecule has 7 aromatic carbocycles. The van der Waals surface area contributed by atoms with Crippen molar-refractivity contribution in [3.05, 3.63) is 199 Å². The molecule has 0 aromatic heterocycles. The smallest absolute Gasteiger partial charge is 0.0629 e. The predicted octanol–water partition coefficient (Wildman–Crippen LogP) is 14.7. The summed E-state index contributed by atoms with van der Waals surface area (Å²) in [6, 6.07) is 58.6. The van der Waals surface area contributed by atoms with Gasteiger partial charge in [0.25, 0.3) is 0 Å². The largest absolute Gasteiger partial charge is 0.333 e. The molecule has 2 unspecified atom stereocenters. The summed E-state index contributed by atoms with van der Waals surface area (Å²) >= 11 is 0. The average molecular weight is 725 g/mol. The summed E-state index contributed by atoms with van der Waals surface area (Å²) in [6.07, 6.45) is 11.7. The molecule has 274 valence electrons. The van der Waals surface area contributed by atoms with Crippen LogP contribution >= 0.6 is 0 Å². The molecule has 3 aliphatic rings. The zero-order valence-electron chi connectivity index (χ0n) is 32.8. The second-order valence-electron chi connectivity index (χ2n) is 17.2. The van der Waals surface area contributed by atoms with E-state index in [-0.39, 0.29) is 16.9 Å². The molecule has 0 fully saturated rings. The lowest BCUT2D eigenvalue weighted by molar-refractivity contribution is 0.332. The van der Waals surface area contributed by atoms with Crippen LogP contribution in [0, 0.1) is 0 Å². The lowest BCUT2D eigenvalue weighted by Gasteiger charge is -2.45. The molecule has 0 bridgehead atoms. The Bertz CT molecular complexity index is 2640. The van der Waals surface area contributed by atoms with E-state index < -0.39 is 0 Å². The third-order valence-electron chi connectivity index (χ3n) is 12.8. The van der Waals surface area contributed by atoms with Gasteiger partial charge in [-0.05, 0) is 116 Å². The van der Waals surface area contributed by atoms with Crippen LogP contribution in [0.3, 0.4) is 0 Å². The first kappa shape index (κ1) is 34.4. The number of benzene rings is 7. The van der Waals surface area contributed by atoms with Crippen LogP contribution in [-0.2, 0) is 10.8 Å². The molecule has 2 nitrogen and oxygen atoms in total. The van der Waals surface area contributed by atoms with Gasteiger partial charge in [-0.3, -0.25) is 0 Å². The summed E-state index contributed by atoms with van der Waals surface area (Å²) in [7, 11) is 0. The maximum atomic E-state index is 2.67. The highest BCUT2D eigenvalue weighted by Gasteiger charge is 2.44. The molecule has 0 N–H and O–H groups in total.